The molecule has 1 saturated heterocycles. The van der Waals surface area contributed by atoms with Crippen LogP contribution in [0.25, 0.3) is 11.9 Å². The first-order valence-electron chi connectivity index (χ1n) is 7.33. The molecule has 0 radical (unpaired) electrons. The summed E-state index contributed by atoms with van der Waals surface area (Å²) in [6.45, 7) is 3.65. The molecule has 5 nitrogen and oxygen atoms in total. The van der Waals surface area contributed by atoms with E-state index in [0.717, 1.165) is 35.2 Å². The maximum atomic E-state index is 12.4. The highest BCUT2D eigenvalue weighted by Gasteiger charge is 2.29. The number of carbonyl (C=O) groups is 1. The second kappa shape index (κ2) is 5.00. The highest BCUT2D eigenvalue weighted by atomic mass is 16.5. The number of nitrogens with zero attached hydrogens (tertiary/aromatic N) is 3. The quantitative estimate of drug-likeness (QED) is 0.645. The number of fused-ring (bicyclic) bond motifs is 2. The van der Waals surface area contributed by atoms with Gasteiger partial charge >= 0.3 is 0 Å². The predicted octanol–water partition coefficient (Wildman–Crippen LogP) is -0.491. The molecule has 1 aromatic carbocycles. The molecule has 1 aromatic rings. The van der Waals surface area contributed by atoms with Crippen LogP contribution in [0.1, 0.15) is 6.42 Å². The summed E-state index contributed by atoms with van der Waals surface area (Å²) in [7, 11) is 0. The van der Waals surface area contributed by atoms with Crippen molar-refractivity contribution in [3.05, 3.63) is 34.7 Å². The molecular weight excluding hydrogens is 266 g/mol. The summed E-state index contributed by atoms with van der Waals surface area (Å²) in [5.74, 6) is 1.81. The van der Waals surface area contributed by atoms with E-state index in [0.29, 0.717) is 26.2 Å². The molecule has 1 amide bonds. The Bertz CT molecular complexity index is 732. The van der Waals surface area contributed by atoms with Gasteiger partial charge in [-0.3, -0.25) is 9.69 Å². The topological polar surface area (TPSA) is 45.1 Å². The van der Waals surface area contributed by atoms with E-state index < -0.39 is 0 Å². The minimum atomic E-state index is 0.132. The van der Waals surface area contributed by atoms with Gasteiger partial charge in [-0.2, -0.15) is 0 Å². The van der Waals surface area contributed by atoms with E-state index in [1.165, 1.54) is 0 Å². The summed E-state index contributed by atoms with van der Waals surface area (Å²) in [5, 5.41) is 2.20. The molecule has 21 heavy (non-hydrogen) atoms. The molecule has 0 aromatic heterocycles. The first-order chi connectivity index (χ1) is 10.3. The first-order valence-corrected chi connectivity index (χ1v) is 7.33. The van der Waals surface area contributed by atoms with Crippen molar-refractivity contribution in [2.24, 2.45) is 4.99 Å². The van der Waals surface area contributed by atoms with Gasteiger partial charge in [0.15, 0.2) is 0 Å². The third-order valence-electron chi connectivity index (χ3n) is 4.17. The van der Waals surface area contributed by atoms with Gasteiger partial charge in [-0.25, -0.2) is 4.99 Å². The second-order valence-electron chi connectivity index (χ2n) is 5.42. The zero-order valence-electron chi connectivity index (χ0n) is 11.8. The van der Waals surface area contributed by atoms with E-state index in [4.69, 9.17) is 9.73 Å². The molecule has 4 rings (SSSR count). The van der Waals surface area contributed by atoms with Crippen LogP contribution in [0, 0.1) is 0 Å². The zero-order valence-corrected chi connectivity index (χ0v) is 11.8. The molecule has 0 bridgehead atoms. The highest BCUT2D eigenvalue weighted by Crippen LogP contribution is 2.19. The maximum Gasteiger partial charge on any atom is 0.236 e. The lowest BCUT2D eigenvalue weighted by Crippen LogP contribution is -2.49. The van der Waals surface area contributed by atoms with Gasteiger partial charge < -0.3 is 9.64 Å². The maximum absolute atomic E-state index is 12.4. The minimum absolute atomic E-state index is 0.132. The van der Waals surface area contributed by atoms with E-state index in [-0.39, 0.29) is 5.91 Å². The summed E-state index contributed by atoms with van der Waals surface area (Å²) in [6.07, 6.45) is 2.48. The van der Waals surface area contributed by atoms with Crippen LogP contribution in [0.15, 0.2) is 29.3 Å². The standard InChI is InChI=1S/C16H17N3O2/c20-15-11-14(18-7-9-21-10-8-18)17-16-13-4-2-1-3-12(13)5-6-19(15)16/h1-5H,6-11H2. The lowest BCUT2D eigenvalue weighted by molar-refractivity contribution is -0.126. The number of rotatable bonds is 0. The summed E-state index contributed by atoms with van der Waals surface area (Å²) >= 11 is 0. The van der Waals surface area contributed by atoms with Gasteiger partial charge in [0.2, 0.25) is 5.91 Å². The highest BCUT2D eigenvalue weighted by molar-refractivity contribution is 6.06. The minimum Gasteiger partial charge on any atom is -0.378 e. The van der Waals surface area contributed by atoms with Gasteiger partial charge in [-0.05, 0) is 5.22 Å². The van der Waals surface area contributed by atoms with E-state index >= 15 is 0 Å². The second-order valence-corrected chi connectivity index (χ2v) is 5.42. The average Bonchev–Trinajstić information content (AvgIpc) is 2.55. The Kier molecular flexibility index (Phi) is 3.00. The zero-order chi connectivity index (χ0) is 14.2. The Morgan fingerprint density at radius 2 is 1.95 bits per heavy atom. The molecule has 108 valence electrons. The molecule has 0 atom stereocenters. The number of carbonyl (C=O) groups excluding carboxylic acids is 1. The third kappa shape index (κ3) is 2.14. The SMILES string of the molecule is O=C1CC(N2CCOCC2)=NC2=c3ccccc3=CCN12. The van der Waals surface area contributed by atoms with E-state index in [9.17, 15) is 4.79 Å². The summed E-state index contributed by atoms with van der Waals surface area (Å²) in [6, 6.07) is 8.12. The van der Waals surface area contributed by atoms with Crippen LogP contribution in [0.5, 0.6) is 0 Å². The summed E-state index contributed by atoms with van der Waals surface area (Å²) in [5.41, 5.74) is 0. The number of amides is 1. The van der Waals surface area contributed by atoms with Crippen LogP contribution in [0.2, 0.25) is 0 Å². The molecule has 1 fully saturated rings. The lowest BCUT2D eigenvalue weighted by atomic mass is 10.1. The van der Waals surface area contributed by atoms with Crippen molar-refractivity contribution in [1.82, 2.24) is 9.80 Å². The van der Waals surface area contributed by atoms with Gasteiger partial charge in [0.25, 0.3) is 0 Å². The first kappa shape index (κ1) is 12.6. The molecule has 0 unspecified atom stereocenters. The van der Waals surface area contributed by atoms with Crippen molar-refractivity contribution >= 4 is 23.6 Å². The van der Waals surface area contributed by atoms with Crippen molar-refractivity contribution in [2.45, 2.75) is 6.42 Å². The van der Waals surface area contributed by atoms with E-state index in [2.05, 4.69) is 17.0 Å². The van der Waals surface area contributed by atoms with Crippen molar-refractivity contribution in [1.29, 1.82) is 0 Å². The number of amidine groups is 1. The number of hydrogen-bond acceptors (Lipinski definition) is 4. The monoisotopic (exact) mass is 283 g/mol. The Morgan fingerprint density at radius 1 is 1.14 bits per heavy atom. The van der Waals surface area contributed by atoms with Crippen LogP contribution in [-0.2, 0) is 9.53 Å². The summed E-state index contributed by atoms with van der Waals surface area (Å²) < 4.78 is 5.38. The normalized spacial score (nSPS) is 21.4. The number of benzene rings is 1. The average molecular weight is 283 g/mol. The van der Waals surface area contributed by atoms with Gasteiger partial charge in [-0.1, -0.05) is 30.3 Å². The van der Waals surface area contributed by atoms with E-state index in [1.54, 1.807) is 4.90 Å². The van der Waals surface area contributed by atoms with Gasteiger partial charge in [0.05, 0.1) is 19.6 Å². The Balaban J connectivity index is 1.84. The van der Waals surface area contributed by atoms with Gasteiger partial charge in [0, 0.05) is 24.9 Å². The Labute approximate surface area is 122 Å². The summed E-state index contributed by atoms with van der Waals surface area (Å²) in [4.78, 5) is 21.2. The number of morpholine rings is 1. The van der Waals surface area contributed by atoms with Gasteiger partial charge in [0.1, 0.15) is 11.7 Å². The fourth-order valence-electron chi connectivity index (χ4n) is 3.04. The number of hydrogen-bond donors (Lipinski definition) is 0. The molecule has 5 heteroatoms. The molecule has 0 aliphatic carbocycles. The van der Waals surface area contributed by atoms with Crippen LogP contribution >= 0.6 is 0 Å². The van der Waals surface area contributed by atoms with Crippen molar-refractivity contribution in [2.75, 3.05) is 32.8 Å². The molecule has 3 aliphatic rings. The van der Waals surface area contributed by atoms with E-state index in [1.807, 2.05) is 18.2 Å². The molecular formula is C16H17N3O2. The van der Waals surface area contributed by atoms with Crippen LogP contribution < -0.4 is 10.4 Å². The van der Waals surface area contributed by atoms with Crippen molar-refractivity contribution in [3.63, 3.8) is 0 Å². The molecule has 0 saturated carbocycles. The Morgan fingerprint density at radius 3 is 2.81 bits per heavy atom. The molecule has 0 spiro atoms. The Hall–Kier alpha value is -2.14. The number of ether oxygens (including phenoxy) is 1. The fraction of sp³-hybridized carbons (Fsp3) is 0.375. The van der Waals surface area contributed by atoms with Crippen molar-refractivity contribution < 1.29 is 9.53 Å². The van der Waals surface area contributed by atoms with Gasteiger partial charge in [-0.15, -0.1) is 0 Å². The molecule has 3 heterocycles. The lowest BCUT2D eigenvalue weighted by Gasteiger charge is -2.35. The number of aliphatic imine (C=N–C) groups is 1. The predicted molar refractivity (Wildman–Crippen MR) is 79.7 cm³/mol. The fourth-order valence-corrected chi connectivity index (χ4v) is 3.04. The largest absolute Gasteiger partial charge is 0.378 e. The van der Waals surface area contributed by atoms with Crippen LogP contribution in [-0.4, -0.2) is 54.4 Å². The van der Waals surface area contributed by atoms with Crippen LogP contribution in [0.4, 0.5) is 0 Å². The molecule has 0 N–H and O–H groups in total. The van der Waals surface area contributed by atoms with Crippen molar-refractivity contribution in [3.8, 4) is 0 Å². The van der Waals surface area contributed by atoms with Crippen LogP contribution in [0.3, 0.4) is 0 Å². The molecule has 3 aliphatic heterocycles. The third-order valence-corrected chi connectivity index (χ3v) is 4.17. The smallest absolute Gasteiger partial charge is 0.236 e.